The largest absolute Gasteiger partial charge is 0.292 e. The summed E-state index contributed by atoms with van der Waals surface area (Å²) in [5, 5.41) is 0. The number of nitrogens with zero attached hydrogens (tertiary/aromatic N) is 2. The third-order valence-electron chi connectivity index (χ3n) is 2.76. The van der Waals surface area contributed by atoms with Gasteiger partial charge in [-0.15, -0.1) is 6.42 Å². The van der Waals surface area contributed by atoms with Crippen LogP contribution in [0.4, 0.5) is 0 Å². The molecule has 0 saturated heterocycles. The number of aromatic nitrogens is 2. The van der Waals surface area contributed by atoms with E-state index < -0.39 is 0 Å². The highest BCUT2D eigenvalue weighted by molar-refractivity contribution is 5.65. The van der Waals surface area contributed by atoms with Crippen LogP contribution in [0.2, 0.25) is 0 Å². The lowest BCUT2D eigenvalue weighted by Gasteiger charge is -2.03. The van der Waals surface area contributed by atoms with Gasteiger partial charge in [-0.25, -0.2) is 4.98 Å². The molecular formula is C15H10N2. The monoisotopic (exact) mass is 218 g/mol. The van der Waals surface area contributed by atoms with Crippen molar-refractivity contribution in [2.75, 3.05) is 0 Å². The molecule has 2 aromatic heterocycles. The SMILES string of the molecule is C#Cc1cnc2ccc(-c3ccccc3)cn12. The maximum absolute atomic E-state index is 5.44. The predicted octanol–water partition coefficient (Wildman–Crippen LogP) is 2.98. The topological polar surface area (TPSA) is 17.3 Å². The Morgan fingerprint density at radius 2 is 1.82 bits per heavy atom. The van der Waals surface area contributed by atoms with Crippen molar-refractivity contribution in [2.45, 2.75) is 0 Å². The van der Waals surface area contributed by atoms with E-state index in [1.165, 1.54) is 5.56 Å². The van der Waals surface area contributed by atoms with Gasteiger partial charge in [-0.1, -0.05) is 36.3 Å². The van der Waals surface area contributed by atoms with Crippen LogP contribution in [-0.4, -0.2) is 9.38 Å². The van der Waals surface area contributed by atoms with Crippen molar-refractivity contribution in [3.63, 3.8) is 0 Å². The number of benzene rings is 1. The van der Waals surface area contributed by atoms with Crippen LogP contribution >= 0.6 is 0 Å². The van der Waals surface area contributed by atoms with Crippen molar-refractivity contribution in [1.82, 2.24) is 9.38 Å². The summed E-state index contributed by atoms with van der Waals surface area (Å²) in [5.74, 6) is 2.63. The van der Waals surface area contributed by atoms with Gasteiger partial charge in [0, 0.05) is 6.20 Å². The lowest BCUT2D eigenvalue weighted by atomic mass is 10.1. The van der Waals surface area contributed by atoms with Crippen molar-refractivity contribution < 1.29 is 0 Å². The van der Waals surface area contributed by atoms with Crippen LogP contribution in [-0.2, 0) is 0 Å². The fourth-order valence-electron chi connectivity index (χ4n) is 1.89. The molecule has 0 aliphatic heterocycles. The summed E-state index contributed by atoms with van der Waals surface area (Å²) < 4.78 is 1.93. The van der Waals surface area contributed by atoms with Gasteiger partial charge >= 0.3 is 0 Å². The van der Waals surface area contributed by atoms with Crippen LogP contribution < -0.4 is 0 Å². The molecule has 0 fully saturated rings. The summed E-state index contributed by atoms with van der Waals surface area (Å²) in [6, 6.07) is 14.2. The van der Waals surface area contributed by atoms with Gasteiger partial charge in [-0.3, -0.25) is 4.40 Å². The summed E-state index contributed by atoms with van der Waals surface area (Å²) in [7, 11) is 0. The quantitative estimate of drug-likeness (QED) is 0.574. The zero-order valence-electron chi connectivity index (χ0n) is 9.17. The van der Waals surface area contributed by atoms with Crippen LogP contribution in [0.15, 0.2) is 54.9 Å². The Balaban J connectivity index is 2.23. The highest BCUT2D eigenvalue weighted by Crippen LogP contribution is 2.20. The van der Waals surface area contributed by atoms with Gasteiger partial charge in [-0.05, 0) is 23.3 Å². The van der Waals surface area contributed by atoms with Crippen LogP contribution in [0, 0.1) is 12.3 Å². The first-order valence-corrected chi connectivity index (χ1v) is 5.37. The number of hydrogen-bond acceptors (Lipinski definition) is 1. The van der Waals surface area contributed by atoms with Gasteiger partial charge < -0.3 is 0 Å². The lowest BCUT2D eigenvalue weighted by molar-refractivity contribution is 1.16. The van der Waals surface area contributed by atoms with Crippen LogP contribution in [0.1, 0.15) is 5.69 Å². The molecule has 0 spiro atoms. The molecule has 1 aromatic carbocycles. The second-order valence-corrected chi connectivity index (χ2v) is 3.80. The number of rotatable bonds is 1. The van der Waals surface area contributed by atoms with E-state index in [0.29, 0.717) is 0 Å². The molecule has 0 amide bonds. The average molecular weight is 218 g/mol. The molecule has 0 atom stereocenters. The molecule has 0 bridgehead atoms. The highest BCUT2D eigenvalue weighted by Gasteiger charge is 2.02. The van der Waals surface area contributed by atoms with E-state index in [9.17, 15) is 0 Å². The number of hydrogen-bond donors (Lipinski definition) is 0. The van der Waals surface area contributed by atoms with Crippen LogP contribution in [0.3, 0.4) is 0 Å². The van der Waals surface area contributed by atoms with Gasteiger partial charge in [0.25, 0.3) is 0 Å². The van der Waals surface area contributed by atoms with Gasteiger partial charge in [0.2, 0.25) is 0 Å². The standard InChI is InChI=1S/C15H10N2/c1-2-14-10-16-15-9-8-13(11-17(14)15)12-6-4-3-5-7-12/h1,3-11H. The minimum absolute atomic E-state index is 0.776. The minimum Gasteiger partial charge on any atom is -0.292 e. The molecule has 2 nitrogen and oxygen atoms in total. The Kier molecular flexibility index (Phi) is 2.16. The van der Waals surface area contributed by atoms with E-state index in [0.717, 1.165) is 16.9 Å². The number of pyridine rings is 1. The molecule has 0 aliphatic carbocycles. The van der Waals surface area contributed by atoms with Crippen molar-refractivity contribution in [3.8, 4) is 23.5 Å². The van der Waals surface area contributed by atoms with Gasteiger partial charge in [0.1, 0.15) is 11.3 Å². The second kappa shape index (κ2) is 3.80. The number of imidazole rings is 1. The molecule has 2 heteroatoms. The maximum Gasteiger partial charge on any atom is 0.137 e. The van der Waals surface area contributed by atoms with Gasteiger partial charge in [-0.2, -0.15) is 0 Å². The second-order valence-electron chi connectivity index (χ2n) is 3.80. The van der Waals surface area contributed by atoms with Gasteiger partial charge in [0.05, 0.1) is 6.20 Å². The van der Waals surface area contributed by atoms with Crippen LogP contribution in [0.25, 0.3) is 16.8 Å². The molecule has 0 unspecified atom stereocenters. The van der Waals surface area contributed by atoms with Gasteiger partial charge in [0.15, 0.2) is 0 Å². The molecule has 0 aliphatic rings. The fraction of sp³-hybridized carbons (Fsp3) is 0. The van der Waals surface area contributed by atoms with Crippen molar-refractivity contribution in [3.05, 3.63) is 60.6 Å². The average Bonchev–Trinajstić information content (AvgIpc) is 2.81. The molecule has 0 N–H and O–H groups in total. The highest BCUT2D eigenvalue weighted by atomic mass is 15.0. The Morgan fingerprint density at radius 1 is 1.00 bits per heavy atom. The molecule has 3 aromatic rings. The van der Waals surface area contributed by atoms with E-state index in [4.69, 9.17) is 6.42 Å². The molecule has 3 rings (SSSR count). The Morgan fingerprint density at radius 3 is 2.59 bits per heavy atom. The molecule has 80 valence electrons. The molecule has 17 heavy (non-hydrogen) atoms. The van der Waals surface area contributed by atoms with Crippen molar-refractivity contribution >= 4 is 5.65 Å². The number of terminal acetylenes is 1. The lowest BCUT2D eigenvalue weighted by Crippen LogP contribution is -1.89. The first kappa shape index (κ1) is 9.68. The van der Waals surface area contributed by atoms with E-state index >= 15 is 0 Å². The van der Waals surface area contributed by atoms with E-state index in [-0.39, 0.29) is 0 Å². The normalized spacial score (nSPS) is 10.3. The Hall–Kier alpha value is -2.53. The summed E-state index contributed by atoms with van der Waals surface area (Å²) >= 11 is 0. The first-order valence-electron chi connectivity index (χ1n) is 5.37. The third kappa shape index (κ3) is 1.58. The summed E-state index contributed by atoms with van der Waals surface area (Å²) in [6.45, 7) is 0. The van der Waals surface area contributed by atoms with Crippen LogP contribution in [0.5, 0.6) is 0 Å². The van der Waals surface area contributed by atoms with Crippen molar-refractivity contribution in [1.29, 1.82) is 0 Å². The molecule has 0 radical (unpaired) electrons. The summed E-state index contributed by atoms with van der Waals surface area (Å²) in [6.07, 6.45) is 9.17. The van der Waals surface area contributed by atoms with E-state index in [1.54, 1.807) is 6.20 Å². The molecular weight excluding hydrogens is 208 g/mol. The smallest absolute Gasteiger partial charge is 0.137 e. The zero-order valence-corrected chi connectivity index (χ0v) is 9.17. The Labute approximate surface area is 99.6 Å². The fourth-order valence-corrected chi connectivity index (χ4v) is 1.89. The zero-order chi connectivity index (χ0) is 11.7. The van der Waals surface area contributed by atoms with E-state index in [2.05, 4.69) is 29.1 Å². The Bertz CT molecular complexity index is 703. The summed E-state index contributed by atoms with van der Waals surface area (Å²) in [4.78, 5) is 4.24. The third-order valence-corrected chi connectivity index (χ3v) is 2.76. The molecule has 2 heterocycles. The number of fused-ring (bicyclic) bond motifs is 1. The van der Waals surface area contributed by atoms with E-state index in [1.807, 2.05) is 34.9 Å². The maximum atomic E-state index is 5.44. The first-order chi connectivity index (χ1) is 8.38. The summed E-state index contributed by atoms with van der Waals surface area (Å²) in [5.41, 5.74) is 3.95. The predicted molar refractivity (Wildman–Crippen MR) is 68.6 cm³/mol. The van der Waals surface area contributed by atoms with Crippen molar-refractivity contribution in [2.24, 2.45) is 0 Å². The molecule has 0 saturated carbocycles. The minimum atomic E-state index is 0.776.